The van der Waals surface area contributed by atoms with Gasteiger partial charge in [-0.05, 0) is 56.5 Å². The van der Waals surface area contributed by atoms with Crippen molar-refractivity contribution in [1.29, 1.82) is 5.26 Å². The molecule has 1 aromatic rings. The van der Waals surface area contributed by atoms with Crippen LogP contribution in [-0.2, 0) is 0 Å². The number of hydrogen-bond acceptors (Lipinski definition) is 4. The lowest BCUT2D eigenvalue weighted by atomic mass is 9.99. The minimum absolute atomic E-state index is 0.0558. The zero-order valence-corrected chi connectivity index (χ0v) is 13.9. The van der Waals surface area contributed by atoms with Crippen LogP contribution in [0, 0.1) is 23.1 Å². The summed E-state index contributed by atoms with van der Waals surface area (Å²) in [5, 5.41) is 22.2. The summed E-state index contributed by atoms with van der Waals surface area (Å²) in [7, 11) is 0. The van der Waals surface area contributed by atoms with Gasteiger partial charge in [-0.2, -0.15) is 5.26 Å². The van der Waals surface area contributed by atoms with Crippen molar-refractivity contribution >= 4 is 0 Å². The highest BCUT2D eigenvalue weighted by Gasteiger charge is 2.18. The number of nitrogens with one attached hydrogen (secondary N) is 1. The van der Waals surface area contributed by atoms with Gasteiger partial charge in [0, 0.05) is 19.1 Å². The lowest BCUT2D eigenvalue weighted by Crippen LogP contribution is -2.42. The predicted octanol–water partition coefficient (Wildman–Crippen LogP) is 2.44. The van der Waals surface area contributed by atoms with Gasteiger partial charge in [-0.15, -0.1) is 0 Å². The number of hydrogen-bond donors (Lipinski definition) is 2. The van der Waals surface area contributed by atoms with Gasteiger partial charge >= 0.3 is 0 Å². The third-order valence-corrected chi connectivity index (χ3v) is 4.62. The van der Waals surface area contributed by atoms with Crippen LogP contribution in [0.1, 0.15) is 43.9 Å². The van der Waals surface area contributed by atoms with Crippen molar-refractivity contribution in [3.8, 4) is 6.07 Å². The largest absolute Gasteiger partial charge is 0.390 e. The van der Waals surface area contributed by atoms with Gasteiger partial charge in [-0.1, -0.05) is 13.0 Å². The number of nitriles is 1. The minimum atomic E-state index is -0.498. The van der Waals surface area contributed by atoms with Crippen molar-refractivity contribution in [3.63, 3.8) is 0 Å². The molecule has 1 fully saturated rings. The van der Waals surface area contributed by atoms with E-state index in [1.54, 1.807) is 6.07 Å². The van der Waals surface area contributed by atoms with Crippen LogP contribution in [0.15, 0.2) is 18.2 Å². The van der Waals surface area contributed by atoms with Crippen LogP contribution in [0.5, 0.6) is 0 Å². The molecule has 5 heteroatoms. The number of likely N-dealkylation sites (tertiary alicyclic amines) is 1. The van der Waals surface area contributed by atoms with Crippen molar-refractivity contribution in [2.24, 2.45) is 5.92 Å². The highest BCUT2D eigenvalue weighted by Crippen LogP contribution is 2.17. The molecule has 0 radical (unpaired) electrons. The highest BCUT2D eigenvalue weighted by atomic mass is 19.1. The Labute approximate surface area is 137 Å². The maximum absolute atomic E-state index is 13.6. The van der Waals surface area contributed by atoms with E-state index in [-0.39, 0.29) is 11.6 Å². The molecule has 2 N–H and O–H groups in total. The third kappa shape index (κ3) is 5.28. The van der Waals surface area contributed by atoms with E-state index in [0.717, 1.165) is 24.6 Å². The first kappa shape index (κ1) is 17.9. The molecule has 1 aliphatic rings. The maximum atomic E-state index is 13.6. The molecule has 4 nitrogen and oxygen atoms in total. The first-order valence-electron chi connectivity index (χ1n) is 8.33. The summed E-state index contributed by atoms with van der Waals surface area (Å²) >= 11 is 0. The summed E-state index contributed by atoms with van der Waals surface area (Å²) in [5.41, 5.74) is 0.834. The Bertz CT molecular complexity index is 550. The lowest BCUT2D eigenvalue weighted by molar-refractivity contribution is 0.0892. The van der Waals surface area contributed by atoms with Gasteiger partial charge in [0.05, 0.1) is 11.7 Å². The highest BCUT2D eigenvalue weighted by molar-refractivity contribution is 5.34. The van der Waals surface area contributed by atoms with E-state index in [4.69, 9.17) is 5.26 Å². The van der Waals surface area contributed by atoms with Crippen molar-refractivity contribution in [2.45, 2.75) is 38.8 Å². The number of rotatable bonds is 6. The Kier molecular flexibility index (Phi) is 6.52. The second kappa shape index (κ2) is 8.39. The van der Waals surface area contributed by atoms with Gasteiger partial charge in [-0.3, -0.25) is 0 Å². The number of nitrogens with zero attached hydrogens (tertiary/aromatic N) is 2. The van der Waals surface area contributed by atoms with Gasteiger partial charge in [-0.25, -0.2) is 4.39 Å². The van der Waals surface area contributed by atoms with E-state index in [9.17, 15) is 9.50 Å². The Morgan fingerprint density at radius 3 is 2.74 bits per heavy atom. The fourth-order valence-corrected chi connectivity index (χ4v) is 2.93. The molecule has 1 saturated heterocycles. The normalized spacial score (nSPS) is 19.3. The quantitative estimate of drug-likeness (QED) is 0.845. The first-order chi connectivity index (χ1) is 11.0. The smallest absolute Gasteiger partial charge is 0.141 e. The Balaban J connectivity index is 1.78. The van der Waals surface area contributed by atoms with E-state index in [2.05, 4.69) is 17.1 Å². The van der Waals surface area contributed by atoms with Crippen molar-refractivity contribution in [1.82, 2.24) is 10.2 Å². The molecule has 2 unspecified atom stereocenters. The Morgan fingerprint density at radius 1 is 1.43 bits per heavy atom. The van der Waals surface area contributed by atoms with E-state index < -0.39 is 11.9 Å². The summed E-state index contributed by atoms with van der Waals surface area (Å²) in [6.07, 6.45) is 1.95. The molecule has 0 aliphatic carbocycles. The Morgan fingerprint density at radius 2 is 2.13 bits per heavy atom. The summed E-state index contributed by atoms with van der Waals surface area (Å²) in [4.78, 5) is 2.30. The molecule has 126 valence electrons. The molecule has 0 bridgehead atoms. The van der Waals surface area contributed by atoms with Gasteiger partial charge < -0.3 is 15.3 Å². The molecule has 0 spiro atoms. The minimum Gasteiger partial charge on any atom is -0.390 e. The average Bonchev–Trinajstić information content (AvgIpc) is 2.54. The standard InChI is InChI=1S/C18H26FN3O/c1-13-5-7-22(8-6-13)12-17(23)11-21-14(2)15-3-4-16(10-20)18(19)9-15/h3-4,9,13-14,17,21,23H,5-8,11-12H2,1-2H3. The number of piperidine rings is 1. The molecule has 2 atom stereocenters. The van der Waals surface area contributed by atoms with E-state index in [0.29, 0.717) is 13.1 Å². The molecule has 1 heterocycles. The fourth-order valence-electron chi connectivity index (χ4n) is 2.93. The fraction of sp³-hybridized carbons (Fsp3) is 0.611. The van der Waals surface area contributed by atoms with Crippen LogP contribution in [0.25, 0.3) is 0 Å². The van der Waals surface area contributed by atoms with E-state index in [1.807, 2.05) is 13.0 Å². The number of aliphatic hydroxyl groups is 1. The number of aliphatic hydroxyl groups excluding tert-OH is 1. The van der Waals surface area contributed by atoms with Crippen LogP contribution < -0.4 is 5.32 Å². The predicted molar refractivity (Wildman–Crippen MR) is 88.4 cm³/mol. The van der Waals surface area contributed by atoms with Crippen LogP contribution in [0.2, 0.25) is 0 Å². The summed E-state index contributed by atoms with van der Waals surface area (Å²) < 4.78 is 13.6. The molecule has 2 rings (SSSR count). The average molecular weight is 319 g/mol. The van der Waals surface area contributed by atoms with Crippen LogP contribution in [0.4, 0.5) is 4.39 Å². The molecular formula is C18H26FN3O. The Hall–Kier alpha value is -1.48. The van der Waals surface area contributed by atoms with E-state index >= 15 is 0 Å². The maximum Gasteiger partial charge on any atom is 0.141 e. The number of β-amino-alcohol motifs (C(OH)–C–C–N with tert-alkyl or cyclic N) is 1. The topological polar surface area (TPSA) is 59.3 Å². The lowest BCUT2D eigenvalue weighted by Gasteiger charge is -2.32. The van der Waals surface area contributed by atoms with Gasteiger partial charge in [0.15, 0.2) is 0 Å². The second-order valence-electron chi connectivity index (χ2n) is 6.62. The van der Waals surface area contributed by atoms with Crippen molar-refractivity contribution in [2.75, 3.05) is 26.2 Å². The molecular weight excluding hydrogens is 293 g/mol. The SMILES string of the molecule is CC1CCN(CC(O)CNC(C)c2ccc(C#N)c(F)c2)CC1. The van der Waals surface area contributed by atoms with Gasteiger partial charge in [0.1, 0.15) is 11.9 Å². The second-order valence-corrected chi connectivity index (χ2v) is 6.62. The number of benzene rings is 1. The van der Waals surface area contributed by atoms with Crippen molar-refractivity contribution in [3.05, 3.63) is 35.1 Å². The molecule has 0 saturated carbocycles. The number of halogens is 1. The molecule has 23 heavy (non-hydrogen) atoms. The molecule has 0 aromatic heterocycles. The van der Waals surface area contributed by atoms with Crippen LogP contribution >= 0.6 is 0 Å². The summed E-state index contributed by atoms with van der Waals surface area (Å²) in [6.45, 7) is 7.44. The molecule has 1 aromatic carbocycles. The van der Waals surface area contributed by atoms with Crippen LogP contribution in [-0.4, -0.2) is 42.3 Å². The summed E-state index contributed by atoms with van der Waals surface area (Å²) in [5.74, 6) is 0.287. The zero-order valence-electron chi connectivity index (χ0n) is 13.9. The monoisotopic (exact) mass is 319 g/mol. The summed E-state index contributed by atoms with van der Waals surface area (Å²) in [6, 6.07) is 6.37. The third-order valence-electron chi connectivity index (χ3n) is 4.62. The van der Waals surface area contributed by atoms with Crippen molar-refractivity contribution < 1.29 is 9.50 Å². The zero-order chi connectivity index (χ0) is 16.8. The molecule has 0 amide bonds. The van der Waals surface area contributed by atoms with E-state index in [1.165, 1.54) is 25.0 Å². The first-order valence-corrected chi connectivity index (χ1v) is 8.33. The van der Waals surface area contributed by atoms with Gasteiger partial charge in [0.2, 0.25) is 0 Å². The molecule has 1 aliphatic heterocycles. The van der Waals surface area contributed by atoms with Crippen LogP contribution in [0.3, 0.4) is 0 Å². The van der Waals surface area contributed by atoms with Gasteiger partial charge in [0.25, 0.3) is 0 Å².